The van der Waals surface area contributed by atoms with E-state index in [2.05, 4.69) is 19.9 Å². The van der Waals surface area contributed by atoms with Gasteiger partial charge in [0.1, 0.15) is 0 Å². The van der Waals surface area contributed by atoms with E-state index < -0.39 is 0 Å². The first-order chi connectivity index (χ1) is 2.81. The van der Waals surface area contributed by atoms with Crippen molar-refractivity contribution in [3.8, 4) is 0 Å². The second kappa shape index (κ2) is 3.55. The molecule has 0 saturated heterocycles. The van der Waals surface area contributed by atoms with Crippen LogP contribution in [0.2, 0.25) is 5.02 Å². The molecule has 31 valence electrons. The number of hydrogen-bond acceptors (Lipinski definition) is 0. The van der Waals surface area contributed by atoms with Crippen molar-refractivity contribution in [3.63, 3.8) is 0 Å². The molecule has 0 amide bonds. The van der Waals surface area contributed by atoms with Crippen molar-refractivity contribution in [2.75, 3.05) is 0 Å². The summed E-state index contributed by atoms with van der Waals surface area (Å²) in [6, 6.07) is 0. The van der Waals surface area contributed by atoms with Crippen molar-refractivity contribution >= 4 is 0 Å². The number of allylic oxidation sites excluding steroid dienone is 2. The Hall–Kier alpha value is 0.363. The van der Waals surface area contributed by atoms with Crippen molar-refractivity contribution < 1.29 is 18.3 Å². The van der Waals surface area contributed by atoms with E-state index >= 15 is 0 Å². The summed E-state index contributed by atoms with van der Waals surface area (Å²) in [5.74, 6) is 0. The molecule has 0 N–H and O–H groups in total. The van der Waals surface area contributed by atoms with E-state index in [1.54, 1.807) is 0 Å². The summed E-state index contributed by atoms with van der Waals surface area (Å²) in [5.41, 5.74) is 1.52. The fraction of sp³-hybridized carbons (Fsp3) is 0.600. The summed E-state index contributed by atoms with van der Waals surface area (Å²) in [6.07, 6.45) is 2.17. The van der Waals surface area contributed by atoms with Crippen molar-refractivity contribution in [1.29, 1.82) is 0 Å². The summed E-state index contributed by atoms with van der Waals surface area (Å²) in [7, 11) is 0. The van der Waals surface area contributed by atoms with Crippen molar-refractivity contribution in [2.45, 2.75) is 18.9 Å². The fourth-order valence-corrected chi connectivity index (χ4v) is 0.750. The number of rotatable bonds is 1. The van der Waals surface area contributed by atoms with E-state index in [4.69, 9.17) is 0 Å². The van der Waals surface area contributed by atoms with Gasteiger partial charge in [-0.15, -0.1) is 0 Å². The second-order valence-electron chi connectivity index (χ2n) is 1.39. The molecule has 0 fully saturated rings. The summed E-state index contributed by atoms with van der Waals surface area (Å²) in [6.45, 7) is 4.26. The quantitative estimate of drug-likeness (QED) is 0.380. The Morgan fingerprint density at radius 3 is 2.33 bits per heavy atom. The summed E-state index contributed by atoms with van der Waals surface area (Å²) in [4.78, 5) is 0. The van der Waals surface area contributed by atoms with Crippen LogP contribution in [0.3, 0.4) is 0 Å². The van der Waals surface area contributed by atoms with Crippen LogP contribution in [0.1, 0.15) is 13.8 Å². The molecule has 0 aliphatic carbocycles. The van der Waals surface area contributed by atoms with Gasteiger partial charge in [-0.25, -0.2) is 0 Å². The molecule has 0 radical (unpaired) electrons. The molecule has 0 saturated carbocycles. The van der Waals surface area contributed by atoms with Gasteiger partial charge >= 0.3 is 48.8 Å². The van der Waals surface area contributed by atoms with Crippen LogP contribution in [0, 0.1) is 0 Å². The minimum absolute atomic E-state index is 1.32. The SMILES string of the molecule is C/C=C(/C)[CH2][Zn]. The molecule has 0 aliphatic heterocycles. The first kappa shape index (κ1) is 6.36. The Labute approximate surface area is 49.3 Å². The molecule has 0 nitrogen and oxygen atoms in total. The zero-order valence-electron chi connectivity index (χ0n) is 4.49. The van der Waals surface area contributed by atoms with E-state index in [0.717, 1.165) is 0 Å². The zero-order chi connectivity index (χ0) is 4.99. The molecular weight excluding hydrogens is 125 g/mol. The molecule has 0 bridgehead atoms. The predicted octanol–water partition coefficient (Wildman–Crippen LogP) is 1.92. The third-order valence-corrected chi connectivity index (χ3v) is 2.54. The predicted molar refractivity (Wildman–Crippen MR) is 24.2 cm³/mol. The van der Waals surface area contributed by atoms with Gasteiger partial charge in [0.05, 0.1) is 0 Å². The average Bonchev–Trinajstić information content (AvgIpc) is 1.65. The van der Waals surface area contributed by atoms with E-state index in [1.165, 1.54) is 28.9 Å². The molecule has 0 aromatic carbocycles. The molecule has 0 heterocycles. The molecule has 0 aromatic heterocycles. The van der Waals surface area contributed by atoms with E-state index in [1.807, 2.05) is 0 Å². The molecule has 0 unspecified atom stereocenters. The Morgan fingerprint density at radius 1 is 1.83 bits per heavy atom. The fourth-order valence-electron chi connectivity index (χ4n) is 0.144. The standard InChI is InChI=1S/C5H9.Zn/c1-4-5(2)3;/h4H,2H2,1,3H3;/b5-4+;. The Kier molecular flexibility index (Phi) is 3.76. The van der Waals surface area contributed by atoms with Crippen LogP contribution in [0.25, 0.3) is 0 Å². The van der Waals surface area contributed by atoms with Gasteiger partial charge in [0.25, 0.3) is 0 Å². The third-order valence-electron chi connectivity index (χ3n) is 0.887. The number of hydrogen-bond donors (Lipinski definition) is 0. The van der Waals surface area contributed by atoms with Gasteiger partial charge < -0.3 is 0 Å². The van der Waals surface area contributed by atoms with E-state index in [0.29, 0.717) is 0 Å². The van der Waals surface area contributed by atoms with Gasteiger partial charge in [0.2, 0.25) is 0 Å². The normalized spacial score (nSPS) is 12.3. The van der Waals surface area contributed by atoms with Crippen molar-refractivity contribution in [3.05, 3.63) is 11.6 Å². The van der Waals surface area contributed by atoms with Crippen LogP contribution in [0.5, 0.6) is 0 Å². The van der Waals surface area contributed by atoms with Crippen LogP contribution in [-0.2, 0) is 18.3 Å². The monoisotopic (exact) mass is 133 g/mol. The van der Waals surface area contributed by atoms with Crippen LogP contribution in [-0.4, -0.2) is 0 Å². The first-order valence-corrected chi connectivity index (χ1v) is 4.32. The zero-order valence-corrected chi connectivity index (χ0v) is 7.46. The first-order valence-electron chi connectivity index (χ1n) is 2.22. The average molecular weight is 135 g/mol. The molecule has 0 aromatic rings. The van der Waals surface area contributed by atoms with Crippen molar-refractivity contribution in [1.82, 2.24) is 0 Å². The van der Waals surface area contributed by atoms with Gasteiger partial charge in [0.15, 0.2) is 0 Å². The second-order valence-corrected chi connectivity index (χ2v) is 2.43. The summed E-state index contributed by atoms with van der Waals surface area (Å²) in [5, 5.41) is 1.32. The topological polar surface area (TPSA) is 0 Å². The molecule has 6 heavy (non-hydrogen) atoms. The van der Waals surface area contributed by atoms with Crippen LogP contribution < -0.4 is 0 Å². The van der Waals surface area contributed by atoms with Gasteiger partial charge in [-0.05, 0) is 0 Å². The molecule has 0 rings (SSSR count). The summed E-state index contributed by atoms with van der Waals surface area (Å²) < 4.78 is 0. The molecular formula is C5H9Zn. The molecule has 0 atom stereocenters. The minimum atomic E-state index is 1.32. The Balaban J connectivity index is 3.22. The maximum atomic E-state index is 2.17. The molecule has 1 heteroatoms. The third kappa shape index (κ3) is 2.59. The van der Waals surface area contributed by atoms with Crippen LogP contribution in [0.15, 0.2) is 11.6 Å². The van der Waals surface area contributed by atoms with Crippen LogP contribution in [0.4, 0.5) is 0 Å². The summed E-state index contributed by atoms with van der Waals surface area (Å²) >= 11 is 1.40. The van der Waals surface area contributed by atoms with Gasteiger partial charge in [-0.2, -0.15) is 0 Å². The van der Waals surface area contributed by atoms with E-state index in [-0.39, 0.29) is 0 Å². The van der Waals surface area contributed by atoms with Crippen LogP contribution >= 0.6 is 0 Å². The molecule has 0 aliphatic rings. The Morgan fingerprint density at radius 2 is 2.33 bits per heavy atom. The van der Waals surface area contributed by atoms with Gasteiger partial charge in [-0.1, -0.05) is 0 Å². The van der Waals surface area contributed by atoms with E-state index in [9.17, 15) is 0 Å². The Bertz CT molecular complexity index is 55.0. The van der Waals surface area contributed by atoms with Gasteiger partial charge in [0, 0.05) is 0 Å². The van der Waals surface area contributed by atoms with Crippen molar-refractivity contribution in [2.24, 2.45) is 0 Å². The molecule has 0 spiro atoms. The van der Waals surface area contributed by atoms with Gasteiger partial charge in [-0.3, -0.25) is 0 Å². The maximum absolute atomic E-state index is 2.17.